The van der Waals surface area contributed by atoms with Gasteiger partial charge in [0.1, 0.15) is 12.1 Å². The van der Waals surface area contributed by atoms with Gasteiger partial charge in [-0.05, 0) is 43.3 Å². The molecule has 0 aromatic carbocycles. The summed E-state index contributed by atoms with van der Waals surface area (Å²) in [6.45, 7) is 5.52. The average Bonchev–Trinajstić information content (AvgIpc) is 3.28. The number of hydrogen-bond acceptors (Lipinski definition) is 6. The molecule has 0 amide bonds. The van der Waals surface area contributed by atoms with Crippen LogP contribution in [0.2, 0.25) is 0 Å². The number of nitrogens with zero attached hydrogens (tertiary/aromatic N) is 4. The molecule has 1 saturated heterocycles. The maximum atomic E-state index is 4.39. The van der Waals surface area contributed by atoms with Gasteiger partial charge < -0.3 is 5.32 Å². The van der Waals surface area contributed by atoms with Crippen LogP contribution in [0.15, 0.2) is 30.0 Å². The van der Waals surface area contributed by atoms with E-state index in [0.29, 0.717) is 6.04 Å². The van der Waals surface area contributed by atoms with E-state index >= 15 is 0 Å². The molecule has 126 valence electrons. The Balaban J connectivity index is 1.53. The van der Waals surface area contributed by atoms with Crippen LogP contribution in [0.3, 0.4) is 0 Å². The van der Waals surface area contributed by atoms with Gasteiger partial charge in [0.25, 0.3) is 0 Å². The summed E-state index contributed by atoms with van der Waals surface area (Å²) in [6.07, 6.45) is 5.91. The van der Waals surface area contributed by atoms with Gasteiger partial charge in [0.2, 0.25) is 0 Å². The number of anilines is 1. The Bertz CT molecular complexity index is 775. The number of aromatic amines is 1. The number of likely N-dealkylation sites (tertiary alicyclic amines) is 1. The predicted octanol–water partition coefficient (Wildman–Crippen LogP) is 3.30. The third-order valence-electron chi connectivity index (χ3n) is 4.84. The summed E-state index contributed by atoms with van der Waals surface area (Å²) in [4.78, 5) is 12.6. The third-order valence-corrected chi connectivity index (χ3v) is 5.82. The summed E-state index contributed by atoms with van der Waals surface area (Å²) >= 11 is 1.83. The van der Waals surface area contributed by atoms with E-state index < -0.39 is 0 Å². The fourth-order valence-corrected chi connectivity index (χ4v) is 4.19. The van der Waals surface area contributed by atoms with Crippen molar-refractivity contribution in [1.82, 2.24) is 25.1 Å². The summed E-state index contributed by atoms with van der Waals surface area (Å²) in [5.41, 5.74) is 0.770. The minimum Gasteiger partial charge on any atom is -0.367 e. The van der Waals surface area contributed by atoms with Gasteiger partial charge in [-0.25, -0.2) is 9.97 Å². The highest BCUT2D eigenvalue weighted by atomic mass is 32.1. The van der Waals surface area contributed by atoms with E-state index in [2.05, 4.69) is 54.8 Å². The molecule has 7 heteroatoms. The van der Waals surface area contributed by atoms with Crippen LogP contribution in [-0.2, 0) is 0 Å². The Hall–Kier alpha value is -1.99. The second-order valence-electron chi connectivity index (χ2n) is 6.49. The van der Waals surface area contributed by atoms with Crippen molar-refractivity contribution in [2.45, 2.75) is 25.8 Å². The zero-order chi connectivity index (χ0) is 16.4. The number of aromatic nitrogens is 4. The van der Waals surface area contributed by atoms with Gasteiger partial charge in [-0.1, -0.05) is 13.0 Å². The monoisotopic (exact) mass is 342 g/mol. The molecule has 3 aromatic heterocycles. The molecule has 6 nitrogen and oxygen atoms in total. The molecule has 1 atom stereocenters. The van der Waals surface area contributed by atoms with E-state index in [1.54, 1.807) is 12.5 Å². The Morgan fingerprint density at radius 3 is 3.04 bits per heavy atom. The maximum Gasteiger partial charge on any atom is 0.160 e. The molecule has 4 rings (SSSR count). The first-order valence-electron chi connectivity index (χ1n) is 8.46. The van der Waals surface area contributed by atoms with Crippen molar-refractivity contribution >= 4 is 28.2 Å². The lowest BCUT2D eigenvalue weighted by Gasteiger charge is -2.36. The van der Waals surface area contributed by atoms with Crippen molar-refractivity contribution in [3.05, 3.63) is 34.9 Å². The second-order valence-corrected chi connectivity index (χ2v) is 7.46. The van der Waals surface area contributed by atoms with Crippen molar-refractivity contribution in [1.29, 1.82) is 0 Å². The molecule has 0 saturated carbocycles. The van der Waals surface area contributed by atoms with Crippen LogP contribution in [0, 0.1) is 5.92 Å². The summed E-state index contributed by atoms with van der Waals surface area (Å²) in [5, 5.41) is 13.6. The fraction of sp³-hybridized carbons (Fsp3) is 0.471. The van der Waals surface area contributed by atoms with E-state index in [9.17, 15) is 0 Å². The van der Waals surface area contributed by atoms with E-state index in [-0.39, 0.29) is 0 Å². The normalized spacial score (nSPS) is 18.0. The minimum atomic E-state index is 0.384. The van der Waals surface area contributed by atoms with Crippen molar-refractivity contribution in [3.63, 3.8) is 0 Å². The van der Waals surface area contributed by atoms with Crippen LogP contribution in [-0.4, -0.2) is 44.7 Å². The molecule has 1 fully saturated rings. The summed E-state index contributed by atoms with van der Waals surface area (Å²) in [6, 6.07) is 4.76. The number of H-pyrrole nitrogens is 1. The number of hydrogen-bond donors (Lipinski definition) is 2. The molecule has 4 heterocycles. The molecule has 0 radical (unpaired) electrons. The highest BCUT2D eigenvalue weighted by molar-refractivity contribution is 7.10. The summed E-state index contributed by atoms with van der Waals surface area (Å²) in [7, 11) is 0. The van der Waals surface area contributed by atoms with Crippen molar-refractivity contribution < 1.29 is 0 Å². The van der Waals surface area contributed by atoms with Crippen LogP contribution in [0.4, 0.5) is 5.82 Å². The highest BCUT2D eigenvalue weighted by Crippen LogP contribution is 2.30. The Kier molecular flexibility index (Phi) is 4.44. The molecule has 3 aromatic rings. The zero-order valence-corrected chi connectivity index (χ0v) is 14.6. The summed E-state index contributed by atoms with van der Waals surface area (Å²) in [5.74, 6) is 1.69. The topological polar surface area (TPSA) is 69.7 Å². The van der Waals surface area contributed by atoms with Gasteiger partial charge >= 0.3 is 0 Å². The molecular formula is C17H22N6S. The molecule has 0 bridgehead atoms. The van der Waals surface area contributed by atoms with Gasteiger partial charge in [0, 0.05) is 11.4 Å². The fourth-order valence-electron chi connectivity index (χ4n) is 3.33. The largest absolute Gasteiger partial charge is 0.367 e. The highest BCUT2D eigenvalue weighted by Gasteiger charge is 2.25. The molecule has 24 heavy (non-hydrogen) atoms. The minimum absolute atomic E-state index is 0.384. The van der Waals surface area contributed by atoms with Gasteiger partial charge in [-0.3, -0.25) is 10.00 Å². The van der Waals surface area contributed by atoms with Crippen molar-refractivity contribution in [3.8, 4) is 0 Å². The Morgan fingerprint density at radius 2 is 2.25 bits per heavy atom. The van der Waals surface area contributed by atoms with Crippen molar-refractivity contribution in [2.75, 3.05) is 25.0 Å². The lowest BCUT2D eigenvalue weighted by Crippen LogP contribution is -2.38. The Morgan fingerprint density at radius 1 is 1.38 bits per heavy atom. The zero-order valence-electron chi connectivity index (χ0n) is 13.8. The molecule has 0 aliphatic carbocycles. The predicted molar refractivity (Wildman–Crippen MR) is 97.2 cm³/mol. The van der Waals surface area contributed by atoms with Gasteiger partial charge in [-0.2, -0.15) is 5.10 Å². The standard InChI is InChI=1S/C17H22N6S/c1-12-4-6-23(7-5-12)14(15-3-2-8-24-15)10-18-16-13-9-21-22-17(13)20-11-19-16/h2-3,8-9,11-12,14H,4-7,10H2,1H3,(H2,18,19,20,21,22). The van der Waals surface area contributed by atoms with Crippen LogP contribution in [0.5, 0.6) is 0 Å². The molecule has 0 spiro atoms. The van der Waals surface area contributed by atoms with E-state index in [4.69, 9.17) is 0 Å². The number of piperidine rings is 1. The van der Waals surface area contributed by atoms with Crippen LogP contribution < -0.4 is 5.32 Å². The Labute approximate surface area is 145 Å². The van der Waals surface area contributed by atoms with E-state index in [0.717, 1.165) is 42.4 Å². The quantitative estimate of drug-likeness (QED) is 0.744. The maximum absolute atomic E-state index is 4.39. The van der Waals surface area contributed by atoms with Gasteiger partial charge in [0.15, 0.2) is 5.65 Å². The smallest absolute Gasteiger partial charge is 0.160 e. The van der Waals surface area contributed by atoms with Gasteiger partial charge in [-0.15, -0.1) is 11.3 Å². The molecule has 1 aliphatic heterocycles. The second kappa shape index (κ2) is 6.86. The third kappa shape index (κ3) is 3.14. The number of fused-ring (bicyclic) bond motifs is 1. The lowest BCUT2D eigenvalue weighted by atomic mass is 9.97. The first-order valence-corrected chi connectivity index (χ1v) is 9.34. The van der Waals surface area contributed by atoms with Crippen LogP contribution in [0.1, 0.15) is 30.7 Å². The molecule has 1 unspecified atom stereocenters. The summed E-state index contributed by atoms with van der Waals surface area (Å²) < 4.78 is 0. The van der Waals surface area contributed by atoms with Crippen LogP contribution in [0.25, 0.3) is 11.0 Å². The first kappa shape index (κ1) is 15.5. The number of thiophene rings is 1. The number of nitrogens with one attached hydrogen (secondary N) is 2. The van der Waals surface area contributed by atoms with E-state index in [1.807, 2.05) is 11.3 Å². The number of rotatable bonds is 5. The lowest BCUT2D eigenvalue weighted by molar-refractivity contribution is 0.145. The van der Waals surface area contributed by atoms with Gasteiger partial charge in [0.05, 0.1) is 17.6 Å². The average molecular weight is 342 g/mol. The molecule has 1 aliphatic rings. The van der Waals surface area contributed by atoms with E-state index in [1.165, 1.54) is 17.7 Å². The SMILES string of the molecule is CC1CCN(C(CNc2ncnc3[nH]ncc23)c2cccs2)CC1. The van der Waals surface area contributed by atoms with Crippen molar-refractivity contribution in [2.24, 2.45) is 5.92 Å². The first-order chi connectivity index (χ1) is 11.8. The molecular weight excluding hydrogens is 320 g/mol. The van der Waals surface area contributed by atoms with Crippen LogP contribution >= 0.6 is 11.3 Å². The molecule has 2 N–H and O–H groups in total.